The highest BCUT2D eigenvalue weighted by Gasteiger charge is 2.17. The first-order chi connectivity index (χ1) is 7.72. The van der Waals surface area contributed by atoms with E-state index >= 15 is 0 Å². The van der Waals surface area contributed by atoms with E-state index in [0.717, 1.165) is 5.56 Å². The summed E-state index contributed by atoms with van der Waals surface area (Å²) in [6.45, 7) is 1.79. The van der Waals surface area contributed by atoms with Crippen LogP contribution in [0.1, 0.15) is 16.4 Å². The average molecular weight is 217 g/mol. The van der Waals surface area contributed by atoms with E-state index in [9.17, 15) is 4.79 Å². The number of ether oxygens (including phenoxy) is 1. The van der Waals surface area contributed by atoms with Gasteiger partial charge in [-0.2, -0.15) is 0 Å². The highest BCUT2D eigenvalue weighted by atomic mass is 16.5. The van der Waals surface area contributed by atoms with E-state index < -0.39 is 5.97 Å². The molecule has 16 heavy (non-hydrogen) atoms. The van der Waals surface area contributed by atoms with Crippen molar-refractivity contribution in [1.29, 1.82) is 0 Å². The summed E-state index contributed by atoms with van der Waals surface area (Å²) in [5.41, 5.74) is 1.56. The molecule has 0 unspecified atom stereocenters. The van der Waals surface area contributed by atoms with E-state index in [1.807, 2.05) is 30.3 Å². The quantitative estimate of drug-likeness (QED) is 0.725. The zero-order valence-electron chi connectivity index (χ0n) is 9.06. The molecule has 1 aromatic carbocycles. The topological polar surface area (TPSA) is 52.3 Å². The molecular weight excluding hydrogens is 206 g/mol. The Morgan fingerprint density at radius 3 is 2.62 bits per heavy atom. The number of nitrogens with zero attached hydrogens (tertiary/aromatic N) is 1. The SMILES string of the molecule is COC(=O)c1nc(C)c(-c2ccccc2)o1. The lowest BCUT2D eigenvalue weighted by molar-refractivity contribution is 0.0557. The summed E-state index contributed by atoms with van der Waals surface area (Å²) in [5.74, 6) is 0.0186. The maximum Gasteiger partial charge on any atom is 0.394 e. The van der Waals surface area contributed by atoms with Crippen LogP contribution in [-0.2, 0) is 4.74 Å². The minimum Gasteiger partial charge on any atom is -0.462 e. The average Bonchev–Trinajstić information content (AvgIpc) is 2.71. The highest BCUT2D eigenvalue weighted by molar-refractivity contribution is 5.85. The third-order valence-electron chi connectivity index (χ3n) is 2.19. The predicted molar refractivity (Wildman–Crippen MR) is 58.0 cm³/mol. The van der Waals surface area contributed by atoms with Crippen molar-refractivity contribution in [3.63, 3.8) is 0 Å². The van der Waals surface area contributed by atoms with E-state index in [2.05, 4.69) is 9.72 Å². The van der Waals surface area contributed by atoms with Crippen LogP contribution >= 0.6 is 0 Å². The summed E-state index contributed by atoms with van der Waals surface area (Å²) in [5, 5.41) is 0. The van der Waals surface area contributed by atoms with Gasteiger partial charge in [0.05, 0.1) is 12.8 Å². The molecule has 1 aromatic heterocycles. The van der Waals surface area contributed by atoms with Gasteiger partial charge in [-0.05, 0) is 6.92 Å². The summed E-state index contributed by atoms with van der Waals surface area (Å²) < 4.78 is 9.91. The van der Waals surface area contributed by atoms with Crippen molar-refractivity contribution < 1.29 is 13.9 Å². The van der Waals surface area contributed by atoms with Crippen LogP contribution in [0.5, 0.6) is 0 Å². The third kappa shape index (κ3) is 1.82. The van der Waals surface area contributed by atoms with Crippen molar-refractivity contribution in [2.45, 2.75) is 6.92 Å². The number of hydrogen-bond donors (Lipinski definition) is 0. The number of hydrogen-bond acceptors (Lipinski definition) is 4. The first kappa shape index (κ1) is 10.4. The molecule has 4 nitrogen and oxygen atoms in total. The van der Waals surface area contributed by atoms with Crippen LogP contribution < -0.4 is 0 Å². The molecular formula is C12H11NO3. The van der Waals surface area contributed by atoms with Gasteiger partial charge in [-0.3, -0.25) is 0 Å². The molecule has 0 aliphatic carbocycles. The van der Waals surface area contributed by atoms with Crippen molar-refractivity contribution in [2.24, 2.45) is 0 Å². The molecule has 0 radical (unpaired) electrons. The molecule has 82 valence electrons. The van der Waals surface area contributed by atoms with Crippen LogP contribution in [0, 0.1) is 6.92 Å². The Morgan fingerprint density at radius 1 is 1.31 bits per heavy atom. The van der Waals surface area contributed by atoms with Crippen LogP contribution in [0.25, 0.3) is 11.3 Å². The van der Waals surface area contributed by atoms with Gasteiger partial charge in [-0.1, -0.05) is 30.3 Å². The zero-order chi connectivity index (χ0) is 11.5. The highest BCUT2D eigenvalue weighted by Crippen LogP contribution is 2.24. The van der Waals surface area contributed by atoms with Gasteiger partial charge < -0.3 is 9.15 Å². The molecule has 2 rings (SSSR count). The second kappa shape index (κ2) is 4.18. The molecule has 0 saturated carbocycles. The van der Waals surface area contributed by atoms with Crippen molar-refractivity contribution in [3.8, 4) is 11.3 Å². The first-order valence-corrected chi connectivity index (χ1v) is 4.83. The van der Waals surface area contributed by atoms with Crippen LogP contribution in [0.3, 0.4) is 0 Å². The number of methoxy groups -OCH3 is 1. The van der Waals surface area contributed by atoms with E-state index in [1.54, 1.807) is 6.92 Å². The number of benzene rings is 1. The number of rotatable bonds is 2. The zero-order valence-corrected chi connectivity index (χ0v) is 9.06. The molecule has 0 N–H and O–H groups in total. The second-order valence-corrected chi connectivity index (χ2v) is 3.29. The largest absolute Gasteiger partial charge is 0.462 e. The smallest absolute Gasteiger partial charge is 0.394 e. The summed E-state index contributed by atoms with van der Waals surface area (Å²) >= 11 is 0. The summed E-state index contributed by atoms with van der Waals surface area (Å²) in [6, 6.07) is 9.50. The maximum atomic E-state index is 11.2. The fourth-order valence-electron chi connectivity index (χ4n) is 1.43. The minimum atomic E-state index is -0.565. The Bertz CT molecular complexity index is 502. The number of aryl methyl sites for hydroxylation is 1. The van der Waals surface area contributed by atoms with E-state index in [4.69, 9.17) is 4.42 Å². The molecule has 0 saturated heterocycles. The van der Waals surface area contributed by atoms with Gasteiger partial charge in [0, 0.05) is 5.56 Å². The van der Waals surface area contributed by atoms with Crippen LogP contribution in [0.15, 0.2) is 34.7 Å². The third-order valence-corrected chi connectivity index (χ3v) is 2.19. The predicted octanol–water partition coefficient (Wildman–Crippen LogP) is 2.44. The number of esters is 1. The fraction of sp³-hybridized carbons (Fsp3) is 0.167. The molecule has 1 heterocycles. The molecule has 0 spiro atoms. The van der Waals surface area contributed by atoms with Crippen molar-refractivity contribution in [2.75, 3.05) is 7.11 Å². The van der Waals surface area contributed by atoms with Gasteiger partial charge in [0.25, 0.3) is 0 Å². The summed E-state index contributed by atoms with van der Waals surface area (Å²) in [4.78, 5) is 15.2. The Morgan fingerprint density at radius 2 is 2.00 bits per heavy atom. The molecule has 0 aliphatic rings. The second-order valence-electron chi connectivity index (χ2n) is 3.29. The van der Waals surface area contributed by atoms with E-state index in [-0.39, 0.29) is 5.89 Å². The summed E-state index contributed by atoms with van der Waals surface area (Å²) in [6.07, 6.45) is 0. The molecule has 0 bridgehead atoms. The van der Waals surface area contributed by atoms with Gasteiger partial charge in [0.1, 0.15) is 0 Å². The van der Waals surface area contributed by atoms with E-state index in [1.165, 1.54) is 7.11 Å². The van der Waals surface area contributed by atoms with Crippen LogP contribution in [-0.4, -0.2) is 18.1 Å². The van der Waals surface area contributed by atoms with Gasteiger partial charge in [-0.25, -0.2) is 9.78 Å². The monoisotopic (exact) mass is 217 g/mol. The van der Waals surface area contributed by atoms with Crippen molar-refractivity contribution >= 4 is 5.97 Å². The van der Waals surface area contributed by atoms with Gasteiger partial charge in [0.2, 0.25) is 0 Å². The molecule has 0 fully saturated rings. The number of aromatic nitrogens is 1. The molecule has 0 atom stereocenters. The standard InChI is InChI=1S/C12H11NO3/c1-8-10(9-6-4-3-5-7-9)16-11(13-8)12(14)15-2/h3-7H,1-2H3. The first-order valence-electron chi connectivity index (χ1n) is 4.83. The van der Waals surface area contributed by atoms with E-state index in [0.29, 0.717) is 11.5 Å². The molecule has 0 amide bonds. The van der Waals surface area contributed by atoms with Crippen molar-refractivity contribution in [1.82, 2.24) is 4.98 Å². The molecule has 4 heteroatoms. The fourth-order valence-corrected chi connectivity index (χ4v) is 1.43. The van der Waals surface area contributed by atoms with Gasteiger partial charge >= 0.3 is 11.9 Å². The van der Waals surface area contributed by atoms with Crippen LogP contribution in [0.2, 0.25) is 0 Å². The van der Waals surface area contributed by atoms with Gasteiger partial charge in [-0.15, -0.1) is 0 Å². The van der Waals surface area contributed by atoms with Crippen molar-refractivity contribution in [3.05, 3.63) is 41.9 Å². The van der Waals surface area contributed by atoms with Crippen LogP contribution in [0.4, 0.5) is 0 Å². The number of carbonyl (C=O) groups excluding carboxylic acids is 1. The minimum absolute atomic E-state index is 0.0150. The number of carbonyl (C=O) groups is 1. The molecule has 0 aliphatic heterocycles. The Balaban J connectivity index is 2.44. The Hall–Kier alpha value is -2.10. The lowest BCUT2D eigenvalue weighted by Crippen LogP contribution is -2.00. The lowest BCUT2D eigenvalue weighted by Gasteiger charge is -1.95. The van der Waals surface area contributed by atoms with Gasteiger partial charge in [0.15, 0.2) is 5.76 Å². The lowest BCUT2D eigenvalue weighted by atomic mass is 10.1. The summed E-state index contributed by atoms with van der Waals surface area (Å²) in [7, 11) is 1.30. The Kier molecular flexibility index (Phi) is 2.72. The normalized spacial score (nSPS) is 10.1. The molecule has 2 aromatic rings. The Labute approximate surface area is 92.9 Å². The number of oxazole rings is 1. The maximum absolute atomic E-state index is 11.2.